The number of rotatable bonds is 4. The third kappa shape index (κ3) is 3.59. The first-order chi connectivity index (χ1) is 8.69. The van der Waals surface area contributed by atoms with E-state index in [2.05, 4.69) is 17.1 Å². The van der Waals surface area contributed by atoms with Gasteiger partial charge >= 0.3 is 0 Å². The fourth-order valence-electron chi connectivity index (χ4n) is 2.44. The predicted molar refractivity (Wildman–Crippen MR) is 74.8 cm³/mol. The number of halogens is 2. The number of anilines is 1. The first-order valence-corrected chi connectivity index (χ1v) is 7.00. The number of hydrogen-bond acceptors (Lipinski definition) is 2. The van der Waals surface area contributed by atoms with E-state index in [1.807, 2.05) is 6.07 Å². The van der Waals surface area contributed by atoms with Crippen molar-refractivity contribution in [3.8, 4) is 0 Å². The summed E-state index contributed by atoms with van der Waals surface area (Å²) in [5, 5.41) is 3.57. The minimum absolute atomic E-state index is 0.179. The SMILES string of the molecule is CCCN1CCC(Nc2ccc(Cl)c(F)c2)CC1. The highest BCUT2D eigenvalue weighted by Crippen LogP contribution is 2.21. The zero-order valence-electron chi connectivity index (χ0n) is 10.8. The lowest BCUT2D eigenvalue weighted by Gasteiger charge is -2.32. The zero-order chi connectivity index (χ0) is 13.0. The first-order valence-electron chi connectivity index (χ1n) is 6.63. The molecule has 2 nitrogen and oxygen atoms in total. The van der Waals surface area contributed by atoms with Gasteiger partial charge in [-0.25, -0.2) is 4.39 Å². The normalized spacial score (nSPS) is 17.9. The molecule has 0 radical (unpaired) electrons. The van der Waals surface area contributed by atoms with Crippen molar-refractivity contribution >= 4 is 17.3 Å². The summed E-state index contributed by atoms with van der Waals surface area (Å²) in [5.41, 5.74) is 0.825. The average Bonchev–Trinajstić information content (AvgIpc) is 2.37. The molecule has 0 aliphatic carbocycles. The van der Waals surface area contributed by atoms with E-state index in [1.54, 1.807) is 6.07 Å². The topological polar surface area (TPSA) is 15.3 Å². The van der Waals surface area contributed by atoms with Crippen LogP contribution in [0.15, 0.2) is 18.2 Å². The van der Waals surface area contributed by atoms with E-state index >= 15 is 0 Å². The van der Waals surface area contributed by atoms with Crippen LogP contribution in [-0.2, 0) is 0 Å². The van der Waals surface area contributed by atoms with Gasteiger partial charge in [-0.3, -0.25) is 0 Å². The zero-order valence-corrected chi connectivity index (χ0v) is 11.5. The second-order valence-corrected chi connectivity index (χ2v) is 5.30. The number of piperidine rings is 1. The second kappa shape index (κ2) is 6.39. The summed E-state index contributed by atoms with van der Waals surface area (Å²) in [5.74, 6) is -0.356. The molecule has 0 unspecified atom stereocenters. The molecule has 0 atom stereocenters. The van der Waals surface area contributed by atoms with Crippen LogP contribution >= 0.6 is 11.6 Å². The quantitative estimate of drug-likeness (QED) is 0.896. The number of hydrogen-bond donors (Lipinski definition) is 1. The lowest BCUT2D eigenvalue weighted by molar-refractivity contribution is 0.219. The lowest BCUT2D eigenvalue weighted by atomic mass is 10.0. The molecule has 18 heavy (non-hydrogen) atoms. The van der Waals surface area contributed by atoms with Crippen LogP contribution in [-0.4, -0.2) is 30.6 Å². The number of benzene rings is 1. The highest BCUT2D eigenvalue weighted by molar-refractivity contribution is 6.30. The molecule has 0 aromatic heterocycles. The largest absolute Gasteiger partial charge is 0.382 e. The molecule has 1 N–H and O–H groups in total. The summed E-state index contributed by atoms with van der Waals surface area (Å²) >= 11 is 5.67. The second-order valence-electron chi connectivity index (χ2n) is 4.89. The predicted octanol–water partition coefficient (Wildman–Crippen LogP) is 3.77. The first kappa shape index (κ1) is 13.6. The van der Waals surface area contributed by atoms with Crippen LogP contribution in [0.5, 0.6) is 0 Å². The third-order valence-corrected chi connectivity index (χ3v) is 3.72. The Balaban J connectivity index is 1.85. The summed E-state index contributed by atoms with van der Waals surface area (Å²) in [6.45, 7) is 5.65. The Morgan fingerprint density at radius 2 is 2.11 bits per heavy atom. The third-order valence-electron chi connectivity index (χ3n) is 3.42. The van der Waals surface area contributed by atoms with Crippen molar-refractivity contribution in [2.24, 2.45) is 0 Å². The van der Waals surface area contributed by atoms with Gasteiger partial charge in [-0.15, -0.1) is 0 Å². The van der Waals surface area contributed by atoms with Crippen molar-refractivity contribution in [1.29, 1.82) is 0 Å². The van der Waals surface area contributed by atoms with Crippen LogP contribution in [0.25, 0.3) is 0 Å². The summed E-state index contributed by atoms with van der Waals surface area (Å²) in [6.07, 6.45) is 3.44. The fourth-order valence-corrected chi connectivity index (χ4v) is 2.56. The molecule has 0 spiro atoms. The molecule has 1 aliphatic heterocycles. The summed E-state index contributed by atoms with van der Waals surface area (Å²) < 4.78 is 13.3. The molecule has 0 amide bonds. The van der Waals surface area contributed by atoms with Crippen molar-refractivity contribution in [3.05, 3.63) is 29.0 Å². The molecule has 0 bridgehead atoms. The Bertz CT molecular complexity index is 389. The minimum atomic E-state index is -0.356. The van der Waals surface area contributed by atoms with E-state index in [-0.39, 0.29) is 10.8 Å². The Morgan fingerprint density at radius 1 is 1.39 bits per heavy atom. The maximum absolute atomic E-state index is 13.3. The van der Waals surface area contributed by atoms with E-state index in [0.717, 1.165) is 31.6 Å². The van der Waals surface area contributed by atoms with E-state index < -0.39 is 0 Å². The van der Waals surface area contributed by atoms with Gasteiger partial charge in [0.1, 0.15) is 5.82 Å². The molecular formula is C14H20ClFN2. The van der Waals surface area contributed by atoms with Crippen molar-refractivity contribution < 1.29 is 4.39 Å². The Kier molecular flexibility index (Phi) is 4.84. The Hall–Kier alpha value is -0.800. The van der Waals surface area contributed by atoms with Crippen LogP contribution in [0.3, 0.4) is 0 Å². The number of nitrogens with one attached hydrogen (secondary N) is 1. The van der Waals surface area contributed by atoms with Crippen LogP contribution in [0, 0.1) is 5.82 Å². The molecule has 0 saturated carbocycles. The van der Waals surface area contributed by atoms with Crippen molar-refractivity contribution in [1.82, 2.24) is 4.90 Å². The monoisotopic (exact) mass is 270 g/mol. The van der Waals surface area contributed by atoms with E-state index in [1.165, 1.54) is 19.0 Å². The summed E-state index contributed by atoms with van der Waals surface area (Å²) in [6, 6.07) is 5.36. The van der Waals surface area contributed by atoms with E-state index in [4.69, 9.17) is 11.6 Å². The smallest absolute Gasteiger partial charge is 0.143 e. The van der Waals surface area contributed by atoms with Gasteiger partial charge in [0.2, 0.25) is 0 Å². The Morgan fingerprint density at radius 3 is 2.72 bits per heavy atom. The number of likely N-dealkylation sites (tertiary alicyclic amines) is 1. The van der Waals surface area contributed by atoms with Gasteiger partial charge in [0.25, 0.3) is 0 Å². The molecular weight excluding hydrogens is 251 g/mol. The van der Waals surface area contributed by atoms with Gasteiger partial charge in [-0.2, -0.15) is 0 Å². The standard InChI is InChI=1S/C14H20ClFN2/c1-2-7-18-8-5-11(6-9-18)17-12-3-4-13(15)14(16)10-12/h3-4,10-11,17H,2,5-9H2,1H3. The van der Waals surface area contributed by atoms with Crippen LogP contribution in [0.2, 0.25) is 5.02 Å². The van der Waals surface area contributed by atoms with Crippen molar-refractivity contribution in [2.45, 2.75) is 32.2 Å². The van der Waals surface area contributed by atoms with Gasteiger partial charge in [0.05, 0.1) is 5.02 Å². The van der Waals surface area contributed by atoms with Gasteiger partial charge < -0.3 is 10.2 Å². The van der Waals surface area contributed by atoms with Crippen LogP contribution < -0.4 is 5.32 Å². The summed E-state index contributed by atoms with van der Waals surface area (Å²) in [7, 11) is 0. The van der Waals surface area contributed by atoms with Crippen molar-refractivity contribution in [3.63, 3.8) is 0 Å². The summed E-state index contributed by atoms with van der Waals surface area (Å²) in [4.78, 5) is 2.49. The van der Waals surface area contributed by atoms with Crippen LogP contribution in [0.4, 0.5) is 10.1 Å². The van der Waals surface area contributed by atoms with Crippen LogP contribution in [0.1, 0.15) is 26.2 Å². The molecule has 1 fully saturated rings. The van der Waals surface area contributed by atoms with Gasteiger partial charge in [-0.05, 0) is 44.0 Å². The molecule has 1 aliphatic rings. The highest BCUT2D eigenvalue weighted by atomic mass is 35.5. The molecule has 1 saturated heterocycles. The minimum Gasteiger partial charge on any atom is -0.382 e. The molecule has 2 rings (SSSR count). The lowest BCUT2D eigenvalue weighted by Crippen LogP contribution is -2.39. The van der Waals surface area contributed by atoms with Gasteiger partial charge in [0, 0.05) is 24.8 Å². The van der Waals surface area contributed by atoms with E-state index in [0.29, 0.717) is 6.04 Å². The van der Waals surface area contributed by atoms with Crippen molar-refractivity contribution in [2.75, 3.05) is 25.0 Å². The Labute approximate surface area is 113 Å². The molecule has 4 heteroatoms. The maximum Gasteiger partial charge on any atom is 0.143 e. The highest BCUT2D eigenvalue weighted by Gasteiger charge is 2.18. The average molecular weight is 271 g/mol. The fraction of sp³-hybridized carbons (Fsp3) is 0.571. The van der Waals surface area contributed by atoms with Gasteiger partial charge in [-0.1, -0.05) is 18.5 Å². The molecule has 100 valence electrons. The molecule has 1 heterocycles. The van der Waals surface area contributed by atoms with E-state index in [9.17, 15) is 4.39 Å². The molecule has 1 aromatic rings. The van der Waals surface area contributed by atoms with Gasteiger partial charge in [0.15, 0.2) is 0 Å². The molecule has 1 aromatic carbocycles. The number of nitrogens with zero attached hydrogens (tertiary/aromatic N) is 1. The maximum atomic E-state index is 13.3.